The second kappa shape index (κ2) is 6.44. The zero-order valence-corrected chi connectivity index (χ0v) is 12.9. The minimum absolute atomic E-state index is 0.256. The Bertz CT molecular complexity index is 632. The average Bonchev–Trinajstić information content (AvgIpc) is 2.41. The molecule has 0 fully saturated rings. The highest BCUT2D eigenvalue weighted by Gasteiger charge is 2.09. The molecule has 0 heterocycles. The number of ether oxygens (including phenoxy) is 2. The van der Waals surface area contributed by atoms with Gasteiger partial charge in [0.15, 0.2) is 0 Å². The van der Waals surface area contributed by atoms with Gasteiger partial charge in [0.25, 0.3) is 0 Å². The van der Waals surface area contributed by atoms with Crippen molar-refractivity contribution in [2.75, 3.05) is 12.8 Å². The number of anilines is 1. The topological polar surface area (TPSA) is 44.5 Å². The summed E-state index contributed by atoms with van der Waals surface area (Å²) in [6.45, 7) is 0.256. The molecule has 0 aromatic heterocycles. The van der Waals surface area contributed by atoms with E-state index in [0.29, 0.717) is 32.3 Å². The van der Waals surface area contributed by atoms with Crippen LogP contribution in [0.5, 0.6) is 11.5 Å². The van der Waals surface area contributed by atoms with Gasteiger partial charge >= 0.3 is 0 Å². The van der Waals surface area contributed by atoms with E-state index < -0.39 is 0 Å². The van der Waals surface area contributed by atoms with Crippen LogP contribution in [0.15, 0.2) is 30.3 Å². The van der Waals surface area contributed by atoms with Crippen LogP contribution in [0, 0.1) is 0 Å². The van der Waals surface area contributed by atoms with Crippen molar-refractivity contribution in [1.82, 2.24) is 0 Å². The fraction of sp³-hybridized carbons (Fsp3) is 0.143. The molecule has 2 N–H and O–H groups in total. The fourth-order valence-electron chi connectivity index (χ4n) is 1.68. The van der Waals surface area contributed by atoms with E-state index in [2.05, 4.69) is 0 Å². The van der Waals surface area contributed by atoms with Gasteiger partial charge in [-0.15, -0.1) is 0 Å². The Hall–Kier alpha value is -1.29. The summed E-state index contributed by atoms with van der Waals surface area (Å²) in [6, 6.07) is 8.44. The molecule has 0 amide bonds. The Labute approximate surface area is 132 Å². The molecule has 106 valence electrons. The zero-order valence-electron chi connectivity index (χ0n) is 10.6. The van der Waals surface area contributed by atoms with Crippen LogP contribution in [0.2, 0.25) is 15.1 Å². The van der Waals surface area contributed by atoms with E-state index in [4.69, 9.17) is 50.0 Å². The molecule has 0 spiro atoms. The van der Waals surface area contributed by atoms with E-state index in [-0.39, 0.29) is 6.61 Å². The van der Waals surface area contributed by atoms with Gasteiger partial charge in [0, 0.05) is 17.3 Å². The number of rotatable bonds is 4. The molecule has 0 radical (unpaired) electrons. The maximum absolute atomic E-state index is 6.05. The summed E-state index contributed by atoms with van der Waals surface area (Å²) >= 11 is 17.8. The molecule has 20 heavy (non-hydrogen) atoms. The minimum atomic E-state index is 0.256. The molecule has 0 unspecified atom stereocenters. The van der Waals surface area contributed by atoms with E-state index in [1.165, 1.54) is 6.07 Å². The predicted octanol–water partition coefficient (Wildman–Crippen LogP) is 4.82. The Morgan fingerprint density at radius 3 is 2.35 bits per heavy atom. The maximum atomic E-state index is 6.05. The van der Waals surface area contributed by atoms with E-state index in [9.17, 15) is 0 Å². The zero-order chi connectivity index (χ0) is 14.7. The normalized spacial score (nSPS) is 10.4. The molecule has 2 aromatic carbocycles. The molecule has 0 aliphatic rings. The first-order chi connectivity index (χ1) is 9.51. The van der Waals surface area contributed by atoms with Crippen LogP contribution in [-0.4, -0.2) is 7.11 Å². The van der Waals surface area contributed by atoms with Crippen molar-refractivity contribution >= 4 is 40.5 Å². The van der Waals surface area contributed by atoms with E-state index >= 15 is 0 Å². The number of methoxy groups -OCH3 is 1. The summed E-state index contributed by atoms with van der Waals surface area (Å²) in [7, 11) is 1.58. The molecule has 6 heteroatoms. The summed E-state index contributed by atoms with van der Waals surface area (Å²) in [5.74, 6) is 1.14. The van der Waals surface area contributed by atoms with E-state index in [1.807, 2.05) is 0 Å². The lowest BCUT2D eigenvalue weighted by molar-refractivity contribution is 0.297. The van der Waals surface area contributed by atoms with Crippen LogP contribution in [0.4, 0.5) is 5.69 Å². The van der Waals surface area contributed by atoms with Gasteiger partial charge in [-0.2, -0.15) is 0 Å². The minimum Gasteiger partial charge on any atom is -0.496 e. The monoisotopic (exact) mass is 331 g/mol. The Morgan fingerprint density at radius 2 is 1.65 bits per heavy atom. The third kappa shape index (κ3) is 3.42. The number of nitrogen functional groups attached to an aromatic ring is 1. The molecular formula is C14H12Cl3NO2. The van der Waals surface area contributed by atoms with Crippen LogP contribution < -0.4 is 15.2 Å². The quantitative estimate of drug-likeness (QED) is 0.645. The average molecular weight is 333 g/mol. The molecule has 0 atom stereocenters. The molecule has 3 nitrogen and oxygen atoms in total. The first kappa shape index (κ1) is 15.1. The SMILES string of the molecule is COc1ccc(N)cc1COc1cc(Cl)c(Cl)cc1Cl. The van der Waals surface area contributed by atoms with Crippen LogP contribution in [0.25, 0.3) is 0 Å². The van der Waals surface area contributed by atoms with Gasteiger partial charge in [-0.3, -0.25) is 0 Å². The van der Waals surface area contributed by atoms with Crippen LogP contribution >= 0.6 is 34.8 Å². The molecule has 2 aromatic rings. The van der Waals surface area contributed by atoms with Gasteiger partial charge in [0.2, 0.25) is 0 Å². The second-order valence-electron chi connectivity index (χ2n) is 4.06. The lowest BCUT2D eigenvalue weighted by Gasteiger charge is -2.12. The number of hydrogen-bond donors (Lipinski definition) is 1. The van der Waals surface area contributed by atoms with Crippen molar-refractivity contribution in [2.24, 2.45) is 0 Å². The highest BCUT2D eigenvalue weighted by Crippen LogP contribution is 2.34. The summed E-state index contributed by atoms with van der Waals surface area (Å²) < 4.78 is 10.9. The van der Waals surface area contributed by atoms with Crippen LogP contribution in [-0.2, 0) is 6.61 Å². The number of hydrogen-bond acceptors (Lipinski definition) is 3. The van der Waals surface area contributed by atoms with Gasteiger partial charge in [-0.1, -0.05) is 34.8 Å². The summed E-state index contributed by atoms with van der Waals surface area (Å²) in [4.78, 5) is 0. The third-order valence-electron chi connectivity index (χ3n) is 2.66. The Morgan fingerprint density at radius 1 is 0.950 bits per heavy atom. The highest BCUT2D eigenvalue weighted by molar-refractivity contribution is 6.43. The lowest BCUT2D eigenvalue weighted by atomic mass is 10.2. The molecule has 0 aliphatic heterocycles. The van der Waals surface area contributed by atoms with Crippen molar-refractivity contribution in [1.29, 1.82) is 0 Å². The Kier molecular flexibility index (Phi) is 4.86. The van der Waals surface area contributed by atoms with Gasteiger partial charge in [0.05, 0.1) is 22.2 Å². The third-order valence-corrected chi connectivity index (χ3v) is 3.68. The second-order valence-corrected chi connectivity index (χ2v) is 5.28. The largest absolute Gasteiger partial charge is 0.496 e. The molecule has 0 saturated carbocycles. The smallest absolute Gasteiger partial charge is 0.139 e. The predicted molar refractivity (Wildman–Crippen MR) is 83.2 cm³/mol. The molecular weight excluding hydrogens is 321 g/mol. The standard InChI is InChI=1S/C14H12Cl3NO2/c1-19-13-3-2-9(18)4-8(13)7-20-14-6-11(16)10(15)5-12(14)17/h2-6H,7,18H2,1H3. The van der Waals surface area contributed by atoms with Crippen LogP contribution in [0.3, 0.4) is 0 Å². The van der Waals surface area contributed by atoms with E-state index in [1.54, 1.807) is 31.4 Å². The van der Waals surface area contributed by atoms with Crippen molar-refractivity contribution in [3.63, 3.8) is 0 Å². The highest BCUT2D eigenvalue weighted by atomic mass is 35.5. The van der Waals surface area contributed by atoms with Gasteiger partial charge in [-0.05, 0) is 24.3 Å². The first-order valence-corrected chi connectivity index (χ1v) is 6.84. The lowest BCUT2D eigenvalue weighted by Crippen LogP contribution is -2.00. The van der Waals surface area contributed by atoms with Crippen molar-refractivity contribution in [3.05, 3.63) is 51.0 Å². The van der Waals surface area contributed by atoms with E-state index in [0.717, 1.165) is 5.56 Å². The fourth-order valence-corrected chi connectivity index (χ4v) is 2.27. The molecule has 2 rings (SSSR count). The summed E-state index contributed by atoms with van der Waals surface area (Å²) in [5.41, 5.74) is 7.19. The summed E-state index contributed by atoms with van der Waals surface area (Å²) in [6.07, 6.45) is 0. The number of nitrogens with two attached hydrogens (primary N) is 1. The van der Waals surface area contributed by atoms with Crippen molar-refractivity contribution in [3.8, 4) is 11.5 Å². The molecule has 0 bridgehead atoms. The maximum Gasteiger partial charge on any atom is 0.139 e. The first-order valence-electron chi connectivity index (χ1n) is 5.71. The number of halogens is 3. The van der Waals surface area contributed by atoms with Crippen molar-refractivity contribution < 1.29 is 9.47 Å². The van der Waals surface area contributed by atoms with Crippen molar-refractivity contribution in [2.45, 2.75) is 6.61 Å². The van der Waals surface area contributed by atoms with Gasteiger partial charge < -0.3 is 15.2 Å². The Balaban J connectivity index is 2.21. The molecule has 0 saturated heterocycles. The van der Waals surface area contributed by atoms with Gasteiger partial charge in [-0.25, -0.2) is 0 Å². The molecule has 0 aliphatic carbocycles. The number of benzene rings is 2. The summed E-state index contributed by atoms with van der Waals surface area (Å²) in [5, 5.41) is 1.15. The van der Waals surface area contributed by atoms with Crippen LogP contribution in [0.1, 0.15) is 5.56 Å². The van der Waals surface area contributed by atoms with Gasteiger partial charge in [0.1, 0.15) is 18.1 Å².